The summed E-state index contributed by atoms with van der Waals surface area (Å²) in [5.74, 6) is 0. The lowest BCUT2D eigenvalue weighted by Gasteiger charge is -2.34. The number of sulfone groups is 1. The Hall–Kier alpha value is -0.910. The summed E-state index contributed by atoms with van der Waals surface area (Å²) >= 11 is 0. The van der Waals surface area contributed by atoms with Gasteiger partial charge < -0.3 is 9.84 Å². The van der Waals surface area contributed by atoms with Crippen LogP contribution in [0.4, 0.5) is 0 Å². The van der Waals surface area contributed by atoms with Crippen LogP contribution in [0.15, 0.2) is 34.4 Å². The summed E-state index contributed by atoms with van der Waals surface area (Å²) in [6.45, 7) is 10.5. The van der Waals surface area contributed by atoms with Crippen molar-refractivity contribution in [3.8, 4) is 0 Å². The summed E-state index contributed by atoms with van der Waals surface area (Å²) in [7, 11) is -1.98. The number of methoxy groups -OCH3 is 1. The van der Waals surface area contributed by atoms with Crippen LogP contribution in [-0.2, 0) is 14.6 Å². The van der Waals surface area contributed by atoms with Crippen molar-refractivity contribution >= 4 is 9.84 Å². The van der Waals surface area contributed by atoms with Crippen LogP contribution >= 0.6 is 0 Å². The molecule has 5 heteroatoms. The quantitative estimate of drug-likeness (QED) is 0.706. The molecule has 3 atom stereocenters. The highest BCUT2D eigenvalue weighted by atomic mass is 32.2. The minimum absolute atomic E-state index is 0.136. The third-order valence-corrected chi connectivity index (χ3v) is 8.57. The van der Waals surface area contributed by atoms with Crippen LogP contribution in [-0.4, -0.2) is 43.8 Å². The van der Waals surface area contributed by atoms with E-state index in [0.717, 1.165) is 24.0 Å². The normalized spacial score (nSPS) is 29.7. The van der Waals surface area contributed by atoms with Gasteiger partial charge in [-0.25, -0.2) is 8.42 Å². The predicted octanol–water partition coefficient (Wildman–Crippen LogP) is 3.97. The molecule has 0 fully saturated rings. The molecule has 1 heterocycles. The van der Waals surface area contributed by atoms with Gasteiger partial charge in [0.25, 0.3) is 0 Å². The minimum Gasteiger partial charge on any atom is -0.387 e. The molecule has 0 spiro atoms. The highest BCUT2D eigenvalue weighted by Gasteiger charge is 2.43. The largest absolute Gasteiger partial charge is 0.387 e. The maximum atomic E-state index is 12.8. The summed E-state index contributed by atoms with van der Waals surface area (Å²) in [6.07, 6.45) is 7.00. The zero-order chi connectivity index (χ0) is 19.7. The second-order valence-electron chi connectivity index (χ2n) is 8.50. The average molecular weight is 383 g/mol. The summed E-state index contributed by atoms with van der Waals surface area (Å²) in [6, 6.07) is 0. The Kier molecular flexibility index (Phi) is 6.57. The van der Waals surface area contributed by atoms with Crippen molar-refractivity contribution in [2.45, 2.75) is 76.9 Å². The third-order valence-electron chi connectivity index (χ3n) is 6.12. The molecule has 1 aliphatic heterocycles. The van der Waals surface area contributed by atoms with E-state index in [4.69, 9.17) is 4.74 Å². The molecule has 1 aliphatic carbocycles. The van der Waals surface area contributed by atoms with Crippen LogP contribution < -0.4 is 0 Å². The van der Waals surface area contributed by atoms with Crippen LogP contribution in [0.5, 0.6) is 0 Å². The Balaban J connectivity index is 2.19. The molecule has 2 aliphatic rings. The van der Waals surface area contributed by atoms with Crippen molar-refractivity contribution < 1.29 is 18.3 Å². The fourth-order valence-electron chi connectivity index (χ4n) is 4.33. The standard InChI is InChI=1S/C21H34O4S/c1-14-8-7-11-21(4,5)17(14)10-9-15(2)20(22)18-12-16(3)19(13-25-6)26(18,23)24/h9,12,18-20,22H,7-8,10-11,13H2,1-6H3/b15-9+. The Morgan fingerprint density at radius 1 is 1.42 bits per heavy atom. The summed E-state index contributed by atoms with van der Waals surface area (Å²) in [5, 5.41) is 9.20. The van der Waals surface area contributed by atoms with Gasteiger partial charge in [0, 0.05) is 7.11 Å². The molecule has 4 nitrogen and oxygen atoms in total. The number of aliphatic hydroxyl groups is 1. The van der Waals surface area contributed by atoms with E-state index in [0.29, 0.717) is 0 Å². The van der Waals surface area contributed by atoms with Crippen molar-refractivity contribution in [1.82, 2.24) is 0 Å². The monoisotopic (exact) mass is 382 g/mol. The molecule has 0 aromatic carbocycles. The molecule has 26 heavy (non-hydrogen) atoms. The minimum atomic E-state index is -3.48. The molecule has 0 aromatic heterocycles. The Morgan fingerprint density at radius 2 is 2.08 bits per heavy atom. The van der Waals surface area contributed by atoms with E-state index in [1.54, 1.807) is 13.0 Å². The van der Waals surface area contributed by atoms with Crippen LogP contribution in [0.25, 0.3) is 0 Å². The first-order chi connectivity index (χ1) is 12.0. The Labute approximate surface area is 158 Å². The lowest BCUT2D eigenvalue weighted by molar-refractivity contribution is 0.202. The van der Waals surface area contributed by atoms with Crippen molar-refractivity contribution in [2.24, 2.45) is 5.41 Å². The van der Waals surface area contributed by atoms with Crippen molar-refractivity contribution in [3.63, 3.8) is 0 Å². The number of allylic oxidation sites excluding steroid dienone is 3. The van der Waals surface area contributed by atoms with Gasteiger partial charge in [0.15, 0.2) is 9.84 Å². The van der Waals surface area contributed by atoms with Gasteiger partial charge in [-0.05, 0) is 57.4 Å². The van der Waals surface area contributed by atoms with Crippen LogP contribution in [0.3, 0.4) is 0 Å². The van der Waals surface area contributed by atoms with E-state index < -0.39 is 26.4 Å². The first-order valence-electron chi connectivity index (χ1n) is 9.46. The number of hydrogen-bond acceptors (Lipinski definition) is 4. The molecule has 0 aromatic rings. The van der Waals surface area contributed by atoms with Crippen LogP contribution in [0.2, 0.25) is 0 Å². The van der Waals surface area contributed by atoms with Crippen LogP contribution in [0, 0.1) is 5.41 Å². The second kappa shape index (κ2) is 7.99. The highest BCUT2D eigenvalue weighted by molar-refractivity contribution is 7.93. The Bertz CT molecular complexity index is 725. The molecule has 0 radical (unpaired) electrons. The fraction of sp³-hybridized carbons (Fsp3) is 0.714. The van der Waals surface area contributed by atoms with Crippen molar-refractivity contribution in [2.75, 3.05) is 13.7 Å². The van der Waals surface area contributed by atoms with Gasteiger partial charge in [0.1, 0.15) is 10.5 Å². The van der Waals surface area contributed by atoms with Gasteiger partial charge >= 0.3 is 0 Å². The molecule has 0 bridgehead atoms. The SMILES string of the molecule is COCC1C(C)=CC(C(O)/C(C)=C/CC2=C(C)CCCC2(C)C)S1(=O)=O. The number of aliphatic hydroxyl groups excluding tert-OH is 1. The molecule has 1 N–H and O–H groups in total. The van der Waals surface area contributed by atoms with E-state index >= 15 is 0 Å². The van der Waals surface area contributed by atoms with E-state index in [2.05, 4.69) is 20.8 Å². The van der Waals surface area contributed by atoms with Crippen molar-refractivity contribution in [3.05, 3.63) is 34.4 Å². The zero-order valence-electron chi connectivity index (χ0n) is 17.0. The first-order valence-corrected chi connectivity index (χ1v) is 11.1. The number of rotatable bonds is 6. The lowest BCUT2D eigenvalue weighted by Crippen LogP contribution is -2.36. The average Bonchev–Trinajstić information content (AvgIpc) is 2.76. The first kappa shape index (κ1) is 21.4. The van der Waals surface area contributed by atoms with Gasteiger partial charge in [0.05, 0.1) is 12.7 Å². The summed E-state index contributed by atoms with van der Waals surface area (Å²) in [5.41, 5.74) is 4.51. The van der Waals surface area contributed by atoms with Crippen LogP contribution in [0.1, 0.15) is 60.3 Å². The van der Waals surface area contributed by atoms with Gasteiger partial charge in [0.2, 0.25) is 0 Å². The summed E-state index contributed by atoms with van der Waals surface area (Å²) < 4.78 is 30.6. The van der Waals surface area contributed by atoms with E-state index in [1.165, 1.54) is 31.1 Å². The molecular formula is C21H34O4S. The lowest BCUT2D eigenvalue weighted by atomic mass is 9.71. The number of hydrogen-bond donors (Lipinski definition) is 1. The molecule has 0 saturated carbocycles. The zero-order valence-corrected chi connectivity index (χ0v) is 17.8. The smallest absolute Gasteiger partial charge is 0.168 e. The van der Waals surface area contributed by atoms with Gasteiger partial charge in [-0.2, -0.15) is 0 Å². The molecule has 148 valence electrons. The third kappa shape index (κ3) is 4.15. The number of ether oxygens (including phenoxy) is 1. The van der Waals surface area contributed by atoms with E-state index in [-0.39, 0.29) is 12.0 Å². The fourth-order valence-corrected chi connectivity index (χ4v) is 6.61. The highest BCUT2D eigenvalue weighted by Crippen LogP contribution is 2.42. The summed E-state index contributed by atoms with van der Waals surface area (Å²) in [4.78, 5) is 0. The Morgan fingerprint density at radius 3 is 2.65 bits per heavy atom. The topological polar surface area (TPSA) is 63.6 Å². The van der Waals surface area contributed by atoms with Crippen molar-refractivity contribution in [1.29, 1.82) is 0 Å². The van der Waals surface area contributed by atoms with E-state index in [1.807, 2.05) is 13.0 Å². The van der Waals surface area contributed by atoms with Gasteiger partial charge in [-0.15, -0.1) is 0 Å². The second-order valence-corrected chi connectivity index (χ2v) is 10.8. The maximum absolute atomic E-state index is 12.8. The molecule has 2 rings (SSSR count). The van der Waals surface area contributed by atoms with E-state index in [9.17, 15) is 13.5 Å². The molecule has 0 amide bonds. The molecule has 0 saturated heterocycles. The molecule has 3 unspecified atom stereocenters. The predicted molar refractivity (Wildman–Crippen MR) is 107 cm³/mol. The maximum Gasteiger partial charge on any atom is 0.168 e. The van der Waals surface area contributed by atoms with Gasteiger partial charge in [-0.1, -0.05) is 42.7 Å². The molecular weight excluding hydrogens is 348 g/mol. The van der Waals surface area contributed by atoms with Gasteiger partial charge in [-0.3, -0.25) is 0 Å².